The van der Waals surface area contributed by atoms with Gasteiger partial charge in [0.15, 0.2) is 0 Å². The first kappa shape index (κ1) is 23.6. The van der Waals surface area contributed by atoms with Gasteiger partial charge in [0, 0.05) is 22.1 Å². The van der Waals surface area contributed by atoms with Crippen molar-refractivity contribution in [3.63, 3.8) is 0 Å². The summed E-state index contributed by atoms with van der Waals surface area (Å²) in [5.41, 5.74) is 2.49. The van der Waals surface area contributed by atoms with Gasteiger partial charge in [0.05, 0.1) is 23.4 Å². The molecule has 0 aliphatic carbocycles. The van der Waals surface area contributed by atoms with Crippen LogP contribution in [0.1, 0.15) is 28.4 Å². The van der Waals surface area contributed by atoms with Crippen LogP contribution in [0.4, 0.5) is 5.69 Å². The van der Waals surface area contributed by atoms with Gasteiger partial charge in [-0.15, -0.1) is 0 Å². The van der Waals surface area contributed by atoms with Crippen molar-refractivity contribution in [3.8, 4) is 17.3 Å². The van der Waals surface area contributed by atoms with E-state index >= 15 is 0 Å². The molecular weight excluding hydrogens is 526 g/mol. The maximum atomic E-state index is 13.5. The fraction of sp³-hybridized carbons (Fsp3) is 0.148. The van der Waals surface area contributed by atoms with Crippen LogP contribution < -0.4 is 15.6 Å². The van der Waals surface area contributed by atoms with Crippen molar-refractivity contribution in [2.24, 2.45) is 0 Å². The van der Waals surface area contributed by atoms with Crippen molar-refractivity contribution in [2.45, 2.75) is 19.9 Å². The highest BCUT2D eigenvalue weighted by atomic mass is 79.9. The molecule has 0 fully saturated rings. The van der Waals surface area contributed by atoms with E-state index in [0.717, 1.165) is 10.0 Å². The van der Waals surface area contributed by atoms with Crippen LogP contribution in [0, 0.1) is 0 Å². The van der Waals surface area contributed by atoms with Gasteiger partial charge < -0.3 is 14.8 Å². The molecule has 8 nitrogen and oxygen atoms in total. The number of hydrogen-bond donors (Lipinski definition) is 1. The number of aromatic nitrogens is 2. The maximum Gasteiger partial charge on any atom is 0.338 e. The SMILES string of the molecule is CCOC(=O)c1cccc(NC(=O)Cn2c3c(c(=O)n2-c2ccccc2)Cc2cc(Br)ccc2O3)c1. The van der Waals surface area contributed by atoms with Gasteiger partial charge in [0.2, 0.25) is 11.8 Å². The van der Waals surface area contributed by atoms with Crippen molar-refractivity contribution < 1.29 is 19.1 Å². The number of nitrogens with one attached hydrogen (secondary N) is 1. The second-order valence-corrected chi connectivity index (χ2v) is 9.09. The van der Waals surface area contributed by atoms with E-state index in [-0.39, 0.29) is 24.6 Å². The van der Waals surface area contributed by atoms with E-state index in [1.807, 2.05) is 36.4 Å². The number of carbonyl (C=O) groups excluding carboxylic acids is 2. The number of nitrogens with zero attached hydrogens (tertiary/aromatic N) is 2. The minimum Gasteiger partial charge on any atom is -0.462 e. The number of para-hydroxylation sites is 1. The minimum atomic E-state index is -0.468. The molecule has 36 heavy (non-hydrogen) atoms. The van der Waals surface area contributed by atoms with Gasteiger partial charge >= 0.3 is 5.97 Å². The van der Waals surface area contributed by atoms with Gasteiger partial charge in [-0.05, 0) is 55.5 Å². The Morgan fingerprint density at radius 2 is 1.86 bits per heavy atom. The zero-order valence-electron chi connectivity index (χ0n) is 19.4. The molecule has 0 saturated heterocycles. The predicted octanol–water partition coefficient (Wildman–Crippen LogP) is 4.91. The Morgan fingerprint density at radius 3 is 2.64 bits per heavy atom. The van der Waals surface area contributed by atoms with E-state index in [1.165, 1.54) is 4.68 Å². The highest BCUT2D eigenvalue weighted by molar-refractivity contribution is 9.10. The molecule has 4 aromatic rings. The first-order valence-corrected chi connectivity index (χ1v) is 12.2. The van der Waals surface area contributed by atoms with Crippen LogP contribution in [0.25, 0.3) is 5.69 Å². The van der Waals surface area contributed by atoms with Crippen molar-refractivity contribution in [1.82, 2.24) is 9.36 Å². The fourth-order valence-electron chi connectivity index (χ4n) is 4.16. The summed E-state index contributed by atoms with van der Waals surface area (Å²) in [4.78, 5) is 38.7. The molecule has 1 aromatic heterocycles. The van der Waals surface area contributed by atoms with E-state index in [1.54, 1.807) is 48.0 Å². The Hall–Kier alpha value is -4.11. The quantitative estimate of drug-likeness (QED) is 0.305. The molecule has 1 aliphatic rings. The smallest absolute Gasteiger partial charge is 0.338 e. The lowest BCUT2D eigenvalue weighted by molar-refractivity contribution is -0.117. The van der Waals surface area contributed by atoms with Crippen LogP contribution in [-0.4, -0.2) is 27.8 Å². The third kappa shape index (κ3) is 4.57. The summed E-state index contributed by atoms with van der Waals surface area (Å²) in [5, 5.41) is 2.80. The van der Waals surface area contributed by atoms with Crippen LogP contribution >= 0.6 is 15.9 Å². The third-order valence-corrected chi connectivity index (χ3v) is 6.23. The number of anilines is 1. The molecule has 0 spiro atoms. The number of hydrogen-bond acceptors (Lipinski definition) is 5. The molecule has 1 aliphatic heterocycles. The van der Waals surface area contributed by atoms with Gasteiger partial charge in [-0.1, -0.05) is 40.2 Å². The monoisotopic (exact) mass is 547 g/mol. The van der Waals surface area contributed by atoms with E-state index in [4.69, 9.17) is 9.47 Å². The molecule has 0 unspecified atom stereocenters. The summed E-state index contributed by atoms with van der Waals surface area (Å²) < 4.78 is 15.1. The highest BCUT2D eigenvalue weighted by Gasteiger charge is 2.29. The number of amides is 1. The van der Waals surface area contributed by atoms with Crippen molar-refractivity contribution in [1.29, 1.82) is 0 Å². The third-order valence-electron chi connectivity index (χ3n) is 5.73. The van der Waals surface area contributed by atoms with E-state index in [9.17, 15) is 14.4 Å². The lowest BCUT2D eigenvalue weighted by Crippen LogP contribution is -2.27. The van der Waals surface area contributed by atoms with Crippen LogP contribution in [-0.2, 0) is 22.5 Å². The number of esters is 1. The average molecular weight is 548 g/mol. The number of carbonyl (C=O) groups is 2. The molecule has 1 amide bonds. The molecule has 2 heterocycles. The van der Waals surface area contributed by atoms with Crippen LogP contribution in [0.2, 0.25) is 0 Å². The van der Waals surface area contributed by atoms with E-state index < -0.39 is 5.97 Å². The summed E-state index contributed by atoms with van der Waals surface area (Å²) >= 11 is 3.47. The molecule has 0 atom stereocenters. The van der Waals surface area contributed by atoms with Crippen LogP contribution in [0.3, 0.4) is 0 Å². The molecule has 182 valence electrons. The standard InChI is InChI=1S/C27H22BrN3O5/c1-2-35-27(34)17-7-6-8-20(14-17)29-24(32)16-30-26-22(15-18-13-19(28)11-12-23(18)36-26)25(33)31(30)21-9-4-3-5-10-21/h3-14H,2,15-16H2,1H3,(H,29,32). The largest absolute Gasteiger partial charge is 0.462 e. The molecule has 0 saturated carbocycles. The second kappa shape index (κ2) is 9.87. The van der Waals surface area contributed by atoms with Crippen molar-refractivity contribution >= 4 is 33.5 Å². The highest BCUT2D eigenvalue weighted by Crippen LogP contribution is 2.37. The summed E-state index contributed by atoms with van der Waals surface area (Å²) in [6.07, 6.45) is 0.381. The average Bonchev–Trinajstić information content (AvgIpc) is 3.13. The van der Waals surface area contributed by atoms with Gasteiger partial charge in [-0.25, -0.2) is 14.2 Å². The minimum absolute atomic E-state index is 0.186. The van der Waals surface area contributed by atoms with E-state index in [0.29, 0.717) is 40.6 Å². The lowest BCUT2D eigenvalue weighted by Gasteiger charge is -2.20. The Labute approximate surface area is 215 Å². The molecule has 5 rings (SSSR count). The molecule has 1 N–H and O–H groups in total. The van der Waals surface area contributed by atoms with Crippen molar-refractivity contribution in [2.75, 3.05) is 11.9 Å². The zero-order chi connectivity index (χ0) is 25.2. The molecular formula is C27H22BrN3O5. The first-order valence-electron chi connectivity index (χ1n) is 11.4. The fourth-order valence-corrected chi connectivity index (χ4v) is 4.57. The van der Waals surface area contributed by atoms with Crippen molar-refractivity contribution in [3.05, 3.63) is 104 Å². The maximum absolute atomic E-state index is 13.5. The van der Waals surface area contributed by atoms with Gasteiger partial charge in [0.25, 0.3) is 5.56 Å². The number of ether oxygens (including phenoxy) is 2. The van der Waals surface area contributed by atoms with E-state index in [2.05, 4.69) is 21.2 Å². The van der Waals surface area contributed by atoms with Gasteiger partial charge in [0.1, 0.15) is 12.3 Å². The lowest BCUT2D eigenvalue weighted by atomic mass is 10.0. The Balaban J connectivity index is 1.50. The molecule has 3 aromatic carbocycles. The molecule has 0 bridgehead atoms. The predicted molar refractivity (Wildman–Crippen MR) is 138 cm³/mol. The first-order chi connectivity index (χ1) is 17.4. The Kier molecular flexibility index (Phi) is 6.47. The zero-order valence-corrected chi connectivity index (χ0v) is 20.9. The number of benzene rings is 3. The van der Waals surface area contributed by atoms with Gasteiger partial charge in [-0.3, -0.25) is 9.59 Å². The summed E-state index contributed by atoms with van der Waals surface area (Å²) in [7, 11) is 0. The normalized spacial score (nSPS) is 11.7. The number of halogens is 1. The summed E-state index contributed by atoms with van der Waals surface area (Å²) in [6.45, 7) is 1.80. The second-order valence-electron chi connectivity index (χ2n) is 8.17. The Bertz CT molecular complexity index is 1520. The molecule has 0 radical (unpaired) electrons. The number of fused-ring (bicyclic) bond motifs is 2. The van der Waals surface area contributed by atoms with Gasteiger partial charge in [-0.2, -0.15) is 0 Å². The number of rotatable bonds is 6. The summed E-state index contributed by atoms with van der Waals surface area (Å²) in [6, 6.07) is 21.2. The molecule has 9 heteroatoms. The van der Waals surface area contributed by atoms with Crippen LogP contribution in [0.15, 0.2) is 82.1 Å². The Morgan fingerprint density at radius 1 is 1.06 bits per heavy atom. The summed E-state index contributed by atoms with van der Waals surface area (Å²) in [5.74, 6) is 0.106. The van der Waals surface area contributed by atoms with Crippen LogP contribution in [0.5, 0.6) is 11.6 Å². The topological polar surface area (TPSA) is 91.6 Å².